The minimum absolute atomic E-state index is 0.0393. The highest BCUT2D eigenvalue weighted by atomic mass is 19.1. The van der Waals surface area contributed by atoms with E-state index < -0.39 is 6.17 Å². The first-order valence-electron chi connectivity index (χ1n) is 4.20. The first kappa shape index (κ1) is 8.94. The maximum absolute atomic E-state index is 13.1. The SMILES string of the molecule is CNC1CN(C(C)C)C[C@H]1F. The quantitative estimate of drug-likeness (QED) is 0.637. The Morgan fingerprint density at radius 2 is 2.09 bits per heavy atom. The molecule has 1 saturated heterocycles. The second-order valence-electron chi connectivity index (χ2n) is 3.46. The number of rotatable bonds is 2. The van der Waals surface area contributed by atoms with Gasteiger partial charge in [0.25, 0.3) is 0 Å². The summed E-state index contributed by atoms with van der Waals surface area (Å²) in [6.07, 6.45) is -0.692. The Labute approximate surface area is 67.8 Å². The predicted molar refractivity (Wildman–Crippen MR) is 44.5 cm³/mol. The van der Waals surface area contributed by atoms with Crippen LogP contribution in [0.25, 0.3) is 0 Å². The zero-order chi connectivity index (χ0) is 8.43. The van der Waals surface area contributed by atoms with Gasteiger partial charge in [0.15, 0.2) is 0 Å². The zero-order valence-corrected chi connectivity index (χ0v) is 7.47. The van der Waals surface area contributed by atoms with Crippen LogP contribution in [0.4, 0.5) is 4.39 Å². The summed E-state index contributed by atoms with van der Waals surface area (Å²) in [5.41, 5.74) is 0. The predicted octanol–water partition coefficient (Wildman–Crippen LogP) is 0.636. The Morgan fingerprint density at radius 1 is 1.45 bits per heavy atom. The smallest absolute Gasteiger partial charge is 0.129 e. The van der Waals surface area contributed by atoms with Crippen molar-refractivity contribution in [3.8, 4) is 0 Å². The van der Waals surface area contributed by atoms with E-state index in [-0.39, 0.29) is 6.04 Å². The molecule has 1 rings (SSSR count). The number of hydrogen-bond donors (Lipinski definition) is 1. The van der Waals surface area contributed by atoms with Crippen LogP contribution in [0.2, 0.25) is 0 Å². The third-order valence-corrected chi connectivity index (χ3v) is 2.38. The molecular weight excluding hydrogens is 143 g/mol. The second-order valence-corrected chi connectivity index (χ2v) is 3.46. The normalized spacial score (nSPS) is 33.5. The molecule has 1 N–H and O–H groups in total. The molecule has 11 heavy (non-hydrogen) atoms. The van der Waals surface area contributed by atoms with Crippen LogP contribution in [-0.2, 0) is 0 Å². The van der Waals surface area contributed by atoms with Crippen LogP contribution in [0.15, 0.2) is 0 Å². The number of nitrogens with one attached hydrogen (secondary N) is 1. The minimum atomic E-state index is -0.692. The monoisotopic (exact) mass is 160 g/mol. The second kappa shape index (κ2) is 3.50. The zero-order valence-electron chi connectivity index (χ0n) is 7.47. The van der Waals surface area contributed by atoms with Gasteiger partial charge in [0.05, 0.1) is 6.04 Å². The van der Waals surface area contributed by atoms with Crippen molar-refractivity contribution in [2.24, 2.45) is 0 Å². The van der Waals surface area contributed by atoms with Gasteiger partial charge in [0.1, 0.15) is 6.17 Å². The van der Waals surface area contributed by atoms with Crippen molar-refractivity contribution >= 4 is 0 Å². The molecule has 0 aromatic rings. The van der Waals surface area contributed by atoms with Gasteiger partial charge < -0.3 is 5.32 Å². The molecule has 0 radical (unpaired) electrons. The summed E-state index contributed by atoms with van der Waals surface area (Å²) in [7, 11) is 1.82. The number of alkyl halides is 1. The van der Waals surface area contributed by atoms with E-state index in [1.807, 2.05) is 7.05 Å². The summed E-state index contributed by atoms with van der Waals surface area (Å²) in [6, 6.07) is 0.504. The molecule has 2 nitrogen and oxygen atoms in total. The van der Waals surface area contributed by atoms with E-state index in [2.05, 4.69) is 24.1 Å². The van der Waals surface area contributed by atoms with Gasteiger partial charge in [-0.3, -0.25) is 4.90 Å². The molecule has 1 heterocycles. The molecule has 1 unspecified atom stereocenters. The fourth-order valence-electron chi connectivity index (χ4n) is 1.49. The minimum Gasteiger partial charge on any atom is -0.313 e. The molecule has 66 valence electrons. The van der Waals surface area contributed by atoms with Crippen LogP contribution in [0, 0.1) is 0 Å². The molecule has 1 fully saturated rings. The van der Waals surface area contributed by atoms with Gasteiger partial charge in [-0.2, -0.15) is 0 Å². The Balaban J connectivity index is 2.43. The number of likely N-dealkylation sites (N-methyl/N-ethyl adjacent to an activating group) is 1. The first-order valence-corrected chi connectivity index (χ1v) is 4.20. The average molecular weight is 160 g/mol. The van der Waals surface area contributed by atoms with Crippen LogP contribution < -0.4 is 5.32 Å². The summed E-state index contributed by atoms with van der Waals surface area (Å²) in [4.78, 5) is 2.16. The molecule has 3 heteroatoms. The van der Waals surface area contributed by atoms with E-state index in [4.69, 9.17) is 0 Å². The summed E-state index contributed by atoms with van der Waals surface area (Å²) in [6.45, 7) is 5.63. The largest absolute Gasteiger partial charge is 0.313 e. The molecule has 0 spiro atoms. The summed E-state index contributed by atoms with van der Waals surface area (Å²) >= 11 is 0. The molecule has 0 aromatic carbocycles. The number of halogens is 1. The van der Waals surface area contributed by atoms with Crippen LogP contribution >= 0.6 is 0 Å². The lowest BCUT2D eigenvalue weighted by molar-refractivity contribution is 0.245. The average Bonchev–Trinajstić information content (AvgIpc) is 2.31. The molecule has 2 atom stereocenters. The summed E-state index contributed by atoms with van der Waals surface area (Å²) < 4.78 is 13.1. The topological polar surface area (TPSA) is 15.3 Å². The van der Waals surface area contributed by atoms with Gasteiger partial charge in [0, 0.05) is 19.1 Å². The van der Waals surface area contributed by atoms with E-state index in [1.54, 1.807) is 0 Å². The van der Waals surface area contributed by atoms with Crippen molar-refractivity contribution in [1.29, 1.82) is 0 Å². The van der Waals surface area contributed by atoms with Gasteiger partial charge in [-0.05, 0) is 20.9 Å². The number of nitrogens with zero attached hydrogens (tertiary/aromatic N) is 1. The Hall–Kier alpha value is -0.150. The highest BCUT2D eigenvalue weighted by Crippen LogP contribution is 2.15. The van der Waals surface area contributed by atoms with Crippen molar-refractivity contribution in [2.45, 2.75) is 32.1 Å². The van der Waals surface area contributed by atoms with Gasteiger partial charge in [-0.25, -0.2) is 4.39 Å². The molecule has 0 aromatic heterocycles. The lowest BCUT2D eigenvalue weighted by Crippen LogP contribution is -2.35. The molecule has 0 bridgehead atoms. The molecule has 1 aliphatic rings. The fourth-order valence-corrected chi connectivity index (χ4v) is 1.49. The van der Waals surface area contributed by atoms with Gasteiger partial charge in [-0.1, -0.05) is 0 Å². The molecule has 0 amide bonds. The van der Waals surface area contributed by atoms with Crippen molar-refractivity contribution in [3.05, 3.63) is 0 Å². The molecule has 0 saturated carbocycles. The van der Waals surface area contributed by atoms with Gasteiger partial charge in [-0.15, -0.1) is 0 Å². The highest BCUT2D eigenvalue weighted by molar-refractivity contribution is 4.89. The van der Waals surface area contributed by atoms with Crippen molar-refractivity contribution in [2.75, 3.05) is 20.1 Å². The Morgan fingerprint density at radius 3 is 2.36 bits per heavy atom. The lowest BCUT2D eigenvalue weighted by atomic mass is 10.2. The van der Waals surface area contributed by atoms with E-state index in [1.165, 1.54) is 0 Å². The van der Waals surface area contributed by atoms with Crippen LogP contribution in [0.1, 0.15) is 13.8 Å². The van der Waals surface area contributed by atoms with Crippen LogP contribution in [-0.4, -0.2) is 43.3 Å². The van der Waals surface area contributed by atoms with E-state index >= 15 is 0 Å². The van der Waals surface area contributed by atoms with E-state index in [0.717, 1.165) is 6.54 Å². The van der Waals surface area contributed by atoms with E-state index in [9.17, 15) is 4.39 Å². The van der Waals surface area contributed by atoms with Gasteiger partial charge >= 0.3 is 0 Å². The number of likely N-dealkylation sites (tertiary alicyclic amines) is 1. The highest BCUT2D eigenvalue weighted by Gasteiger charge is 2.32. The maximum atomic E-state index is 13.1. The van der Waals surface area contributed by atoms with Crippen molar-refractivity contribution in [3.63, 3.8) is 0 Å². The third kappa shape index (κ3) is 1.91. The maximum Gasteiger partial charge on any atom is 0.129 e. The van der Waals surface area contributed by atoms with Crippen molar-refractivity contribution < 1.29 is 4.39 Å². The Bertz CT molecular complexity index is 127. The molecular formula is C8H17FN2. The van der Waals surface area contributed by atoms with Crippen LogP contribution in [0.3, 0.4) is 0 Å². The third-order valence-electron chi connectivity index (χ3n) is 2.38. The van der Waals surface area contributed by atoms with Crippen molar-refractivity contribution in [1.82, 2.24) is 10.2 Å². The standard InChI is InChI=1S/C8H17FN2/c1-6(2)11-4-7(9)8(5-11)10-3/h6-8,10H,4-5H2,1-3H3/t7-,8?/m1/s1. The summed E-state index contributed by atoms with van der Waals surface area (Å²) in [5.74, 6) is 0. The van der Waals surface area contributed by atoms with E-state index in [0.29, 0.717) is 12.6 Å². The molecule has 0 aliphatic carbocycles. The molecule has 1 aliphatic heterocycles. The Kier molecular flexibility index (Phi) is 2.84. The summed E-state index contributed by atoms with van der Waals surface area (Å²) in [5, 5.41) is 2.98. The number of hydrogen-bond acceptors (Lipinski definition) is 2. The first-order chi connectivity index (χ1) is 5.15. The lowest BCUT2D eigenvalue weighted by Gasteiger charge is -2.19. The van der Waals surface area contributed by atoms with Gasteiger partial charge in [0.2, 0.25) is 0 Å². The van der Waals surface area contributed by atoms with Crippen LogP contribution in [0.5, 0.6) is 0 Å². The fraction of sp³-hybridized carbons (Fsp3) is 1.00.